The molecule has 0 spiro atoms. The number of fused-ring (bicyclic) bond motifs is 7. The molecule has 18 rings (SSSR count). The Morgan fingerprint density at radius 2 is 0.667 bits per heavy atom. The monoisotopic (exact) mass is 1220 g/mol. The third-order valence-corrected chi connectivity index (χ3v) is 19.2. The zero-order valence-electron chi connectivity index (χ0n) is 52.2. The van der Waals surface area contributed by atoms with E-state index in [4.69, 9.17) is 9.97 Å². The zero-order chi connectivity index (χ0) is 63.6. The molecular formula is C89H57BN6. The van der Waals surface area contributed by atoms with Gasteiger partial charge in [0, 0.05) is 61.6 Å². The van der Waals surface area contributed by atoms with Crippen LogP contribution in [0.4, 0.5) is 34.1 Å². The van der Waals surface area contributed by atoms with Gasteiger partial charge in [-0.1, -0.05) is 255 Å². The Morgan fingerprint density at radius 3 is 1.15 bits per heavy atom. The van der Waals surface area contributed by atoms with Crippen molar-refractivity contribution in [2.24, 2.45) is 0 Å². The fraction of sp³-hybridized carbons (Fsp3) is 0. The largest absolute Gasteiger partial charge is 0.311 e. The molecule has 0 fully saturated rings. The van der Waals surface area contributed by atoms with Crippen molar-refractivity contribution in [3.05, 3.63) is 351 Å². The quantitative estimate of drug-likeness (QED) is 0.121. The lowest BCUT2D eigenvalue weighted by molar-refractivity contribution is 1.14. The molecule has 0 radical (unpaired) electrons. The van der Waals surface area contributed by atoms with Crippen molar-refractivity contribution in [3.8, 4) is 101 Å². The molecule has 0 bridgehead atoms. The van der Waals surface area contributed by atoms with Crippen LogP contribution >= 0.6 is 0 Å². The topological polar surface area (TPSA) is 61.0 Å². The van der Waals surface area contributed by atoms with Gasteiger partial charge in [0.15, 0.2) is 5.82 Å². The first kappa shape index (κ1) is 55.9. The molecule has 16 aromatic rings. The van der Waals surface area contributed by atoms with Crippen LogP contribution in [-0.2, 0) is 0 Å². The lowest BCUT2D eigenvalue weighted by atomic mass is 9.33. The predicted octanol–water partition coefficient (Wildman–Crippen LogP) is 20.9. The van der Waals surface area contributed by atoms with Crippen LogP contribution in [0, 0.1) is 11.3 Å². The van der Waals surface area contributed by atoms with Gasteiger partial charge < -0.3 is 14.4 Å². The number of nitrogens with zero attached hydrogens (tertiary/aromatic N) is 6. The lowest BCUT2D eigenvalue weighted by Crippen LogP contribution is -2.61. The fourth-order valence-corrected chi connectivity index (χ4v) is 14.7. The molecule has 0 N–H and O–H groups in total. The van der Waals surface area contributed by atoms with Crippen LogP contribution in [0.5, 0.6) is 0 Å². The van der Waals surface area contributed by atoms with Crippen molar-refractivity contribution in [3.63, 3.8) is 0 Å². The average molecular weight is 1220 g/mol. The SMILES string of the molecule is N#Cc1ccc(-n2c3ccccc3c3cc(-c4cc5c6c(c4)N(c4ccc(-c7ccccc7)cc4)c4ccc(-c7ccccc7)cc4B6c4cc(-c6ccccc6)ccc4N5c4ccc(-c5ccccc5)cc4)ccc32)c(-c2nc(-c3ccccc3)cc(-c3ccccc3)n2)c1. The number of para-hydroxylation sites is 1. The molecule has 0 saturated carbocycles. The van der Waals surface area contributed by atoms with Crippen LogP contribution in [-0.4, -0.2) is 21.2 Å². The average Bonchev–Trinajstić information content (AvgIpc) is 0.781. The van der Waals surface area contributed by atoms with Crippen molar-refractivity contribution < 1.29 is 0 Å². The maximum atomic E-state index is 10.6. The molecule has 14 aromatic carbocycles. The van der Waals surface area contributed by atoms with Gasteiger partial charge in [-0.25, -0.2) is 9.97 Å². The van der Waals surface area contributed by atoms with Crippen molar-refractivity contribution in [2.75, 3.05) is 9.80 Å². The zero-order valence-corrected chi connectivity index (χ0v) is 52.2. The molecule has 0 amide bonds. The summed E-state index contributed by atoms with van der Waals surface area (Å²) in [7, 11) is 0. The van der Waals surface area contributed by atoms with Gasteiger partial charge in [0.25, 0.3) is 6.71 Å². The van der Waals surface area contributed by atoms with E-state index in [1.165, 1.54) is 49.8 Å². The number of rotatable bonds is 11. The molecule has 96 heavy (non-hydrogen) atoms. The van der Waals surface area contributed by atoms with E-state index in [0.29, 0.717) is 11.4 Å². The molecule has 6 nitrogen and oxygen atoms in total. The van der Waals surface area contributed by atoms with Crippen LogP contribution in [0.25, 0.3) is 117 Å². The van der Waals surface area contributed by atoms with Gasteiger partial charge >= 0.3 is 0 Å². The van der Waals surface area contributed by atoms with Crippen molar-refractivity contribution in [1.82, 2.24) is 14.5 Å². The Morgan fingerprint density at radius 1 is 0.281 bits per heavy atom. The van der Waals surface area contributed by atoms with Crippen LogP contribution in [0.1, 0.15) is 5.56 Å². The standard InChI is InChI=1S/C89H57BN6/c91-58-59-35-47-83(76(51-59)89-92-79(66-29-15-5-16-30-66)57-80(93-89)67-31-17-6-18-32-67)96-81-34-20-19-33-74(81)75-52-68(40-48-82(75)96)71-55-86-88-87(56-71)95(73-45-38-65(39-46-73)61-23-9-2-10-24-61)85-50-42-70(63-27-13-4-14-28-63)54-78(85)90(88)77-53-69(62-25-11-3-12-26-62)41-49-84(77)94(86)72-43-36-64(37-44-72)60-21-7-1-8-22-60/h1-57H. The number of nitriles is 1. The summed E-state index contributed by atoms with van der Waals surface area (Å²) < 4.78 is 2.33. The molecule has 2 aliphatic rings. The van der Waals surface area contributed by atoms with E-state index in [9.17, 15) is 5.26 Å². The van der Waals surface area contributed by atoms with Gasteiger partial charge in [0.1, 0.15) is 0 Å². The second kappa shape index (κ2) is 23.3. The van der Waals surface area contributed by atoms with E-state index in [2.05, 4.69) is 318 Å². The maximum absolute atomic E-state index is 10.6. The second-order valence-corrected chi connectivity index (χ2v) is 24.8. The molecule has 0 atom stereocenters. The molecule has 7 heteroatoms. The smallest absolute Gasteiger partial charge is 0.252 e. The molecule has 2 aromatic heterocycles. The second-order valence-electron chi connectivity index (χ2n) is 24.8. The van der Waals surface area contributed by atoms with E-state index >= 15 is 0 Å². The molecular weight excluding hydrogens is 1160 g/mol. The van der Waals surface area contributed by atoms with E-state index in [0.717, 1.165) is 112 Å². The summed E-state index contributed by atoms with van der Waals surface area (Å²) in [6.45, 7) is -0.163. The first-order valence-electron chi connectivity index (χ1n) is 32.6. The first-order chi connectivity index (χ1) is 47.5. The Labute approximate surface area is 557 Å². The van der Waals surface area contributed by atoms with E-state index in [1.54, 1.807) is 0 Å². The number of hydrogen-bond acceptors (Lipinski definition) is 5. The van der Waals surface area contributed by atoms with E-state index in [-0.39, 0.29) is 6.71 Å². The Bertz CT molecular complexity index is 5440. The maximum Gasteiger partial charge on any atom is 0.252 e. The highest BCUT2D eigenvalue weighted by molar-refractivity contribution is 7.00. The summed E-state index contributed by atoms with van der Waals surface area (Å²) in [5.41, 5.74) is 29.5. The van der Waals surface area contributed by atoms with Gasteiger partial charge in [0.05, 0.1) is 39.7 Å². The first-order valence-corrected chi connectivity index (χ1v) is 32.6. The number of hydrogen-bond donors (Lipinski definition) is 0. The van der Waals surface area contributed by atoms with Crippen LogP contribution in [0.3, 0.4) is 0 Å². The van der Waals surface area contributed by atoms with E-state index in [1.807, 2.05) is 48.5 Å². The third-order valence-electron chi connectivity index (χ3n) is 19.2. The normalized spacial score (nSPS) is 12.1. The molecule has 0 unspecified atom stereocenters. The molecule has 0 saturated heterocycles. The molecule has 4 heterocycles. The highest BCUT2D eigenvalue weighted by atomic mass is 15.2. The third kappa shape index (κ3) is 9.66. The minimum absolute atomic E-state index is 0.163. The molecule has 2 aliphatic heterocycles. The van der Waals surface area contributed by atoms with Gasteiger partial charge in [0.2, 0.25) is 0 Å². The van der Waals surface area contributed by atoms with Crippen molar-refractivity contribution >= 4 is 79.0 Å². The molecule has 446 valence electrons. The minimum atomic E-state index is -0.163. The highest BCUT2D eigenvalue weighted by Crippen LogP contribution is 2.49. The van der Waals surface area contributed by atoms with Crippen molar-refractivity contribution in [2.45, 2.75) is 0 Å². The minimum Gasteiger partial charge on any atom is -0.311 e. The van der Waals surface area contributed by atoms with Gasteiger partial charge in [-0.15, -0.1) is 0 Å². The number of aromatic nitrogens is 3. The summed E-state index contributed by atoms with van der Waals surface area (Å²) in [4.78, 5) is 15.7. The Balaban J connectivity index is 0.881. The Hall–Kier alpha value is -12.9. The number of anilines is 6. The van der Waals surface area contributed by atoms with Crippen LogP contribution in [0.15, 0.2) is 346 Å². The predicted molar refractivity (Wildman–Crippen MR) is 399 cm³/mol. The summed E-state index contributed by atoms with van der Waals surface area (Å²) in [5, 5.41) is 12.8. The summed E-state index contributed by atoms with van der Waals surface area (Å²) in [6, 6.07) is 127. The summed E-state index contributed by atoms with van der Waals surface area (Å²) in [5.74, 6) is 0.528. The highest BCUT2D eigenvalue weighted by Gasteiger charge is 2.44. The summed E-state index contributed by atoms with van der Waals surface area (Å²) in [6.07, 6.45) is 0. The van der Waals surface area contributed by atoms with Crippen LogP contribution < -0.4 is 26.2 Å². The van der Waals surface area contributed by atoms with E-state index < -0.39 is 0 Å². The lowest BCUT2D eigenvalue weighted by Gasteiger charge is -2.44. The van der Waals surface area contributed by atoms with Gasteiger partial charge in [-0.3, -0.25) is 0 Å². The summed E-state index contributed by atoms with van der Waals surface area (Å²) >= 11 is 0. The fourth-order valence-electron chi connectivity index (χ4n) is 14.7. The van der Waals surface area contributed by atoms with Crippen molar-refractivity contribution in [1.29, 1.82) is 5.26 Å². The Kier molecular flexibility index (Phi) is 13.6. The van der Waals surface area contributed by atoms with Crippen LogP contribution in [0.2, 0.25) is 0 Å². The van der Waals surface area contributed by atoms with Gasteiger partial charge in [-0.2, -0.15) is 5.26 Å². The number of benzene rings is 14. The van der Waals surface area contributed by atoms with Gasteiger partial charge in [-0.05, 0) is 163 Å². The molecule has 0 aliphatic carbocycles.